The number of carbonyl (C=O) groups is 1. The number of hydrogen-bond acceptors (Lipinski definition) is 6. The predicted octanol–water partition coefficient (Wildman–Crippen LogP) is 3.30. The second-order valence-corrected chi connectivity index (χ2v) is 5.04. The quantitative estimate of drug-likeness (QED) is 0.267. The summed E-state index contributed by atoms with van der Waals surface area (Å²) in [7, 11) is 0. The van der Waals surface area contributed by atoms with Crippen LogP contribution in [0.3, 0.4) is 0 Å². The van der Waals surface area contributed by atoms with Gasteiger partial charge in [0.05, 0.1) is 4.92 Å². The Hall–Kier alpha value is -2.54. The third-order valence-corrected chi connectivity index (χ3v) is 3.44. The van der Waals surface area contributed by atoms with Crippen LogP contribution >= 0.6 is 11.8 Å². The lowest BCUT2D eigenvalue weighted by Crippen LogP contribution is -2.18. The lowest BCUT2D eigenvalue weighted by atomic mass is 10.3. The molecule has 0 aliphatic rings. The molecule has 7 heteroatoms. The fraction of sp³-hybridized carbons (Fsp3) is 0.133. The topological polar surface area (TPSA) is 78.7 Å². The summed E-state index contributed by atoms with van der Waals surface area (Å²) in [6, 6.07) is 12.9. The summed E-state index contributed by atoms with van der Waals surface area (Å²) in [5, 5.41) is 10.8. The summed E-state index contributed by atoms with van der Waals surface area (Å²) >= 11 is 1.58. The molecule has 0 saturated carbocycles. The van der Waals surface area contributed by atoms with E-state index in [0.29, 0.717) is 5.75 Å². The van der Waals surface area contributed by atoms with Gasteiger partial charge in [0.1, 0.15) is 5.75 Å². The van der Waals surface area contributed by atoms with Gasteiger partial charge in [-0.1, -0.05) is 12.1 Å². The fourth-order valence-electron chi connectivity index (χ4n) is 1.67. The molecule has 0 N–H and O–H groups in total. The van der Waals surface area contributed by atoms with Crippen molar-refractivity contribution in [1.82, 2.24) is 0 Å². The Morgan fingerprint density at radius 3 is 2.50 bits per heavy atom. The van der Waals surface area contributed by atoms with Crippen LogP contribution in [0.25, 0.3) is 0 Å². The minimum Gasteiger partial charge on any atom is -0.475 e. The molecule has 0 saturated heterocycles. The number of nitro benzene ring substituents is 1. The molecule has 0 aromatic heterocycles. The van der Waals surface area contributed by atoms with Gasteiger partial charge >= 0.3 is 11.7 Å². The van der Waals surface area contributed by atoms with Crippen LogP contribution < -0.4 is 9.47 Å². The van der Waals surface area contributed by atoms with Crippen LogP contribution in [-0.2, 0) is 4.79 Å². The predicted molar refractivity (Wildman–Crippen MR) is 82.4 cm³/mol. The van der Waals surface area contributed by atoms with E-state index >= 15 is 0 Å². The Labute approximate surface area is 131 Å². The number of nitrogens with zero attached hydrogens (tertiary/aromatic N) is 1. The zero-order chi connectivity index (χ0) is 15.9. The first-order valence-electron chi connectivity index (χ1n) is 6.31. The van der Waals surface area contributed by atoms with Gasteiger partial charge in [-0.2, -0.15) is 0 Å². The monoisotopic (exact) mass is 319 g/mol. The minimum absolute atomic E-state index is 0.0298. The molecular formula is C15H13NO5S. The van der Waals surface area contributed by atoms with E-state index in [9.17, 15) is 14.9 Å². The van der Waals surface area contributed by atoms with E-state index in [2.05, 4.69) is 0 Å². The van der Waals surface area contributed by atoms with Crippen LogP contribution in [0.15, 0.2) is 53.4 Å². The average molecular weight is 319 g/mol. The first kappa shape index (κ1) is 15.8. The highest BCUT2D eigenvalue weighted by atomic mass is 32.2. The van der Waals surface area contributed by atoms with Crippen molar-refractivity contribution in [2.45, 2.75) is 4.90 Å². The molecule has 0 bridgehead atoms. The van der Waals surface area contributed by atoms with E-state index in [1.54, 1.807) is 30.0 Å². The smallest absolute Gasteiger partial charge is 0.349 e. The third kappa shape index (κ3) is 4.23. The van der Waals surface area contributed by atoms with Crippen molar-refractivity contribution in [3.05, 3.63) is 58.6 Å². The summed E-state index contributed by atoms with van der Waals surface area (Å²) in [5.74, 6) is -0.203. The Morgan fingerprint density at radius 2 is 1.86 bits per heavy atom. The number of thioether (sulfide) groups is 1. The molecule has 0 fully saturated rings. The van der Waals surface area contributed by atoms with Gasteiger partial charge in [-0.15, -0.1) is 11.8 Å². The van der Waals surface area contributed by atoms with Crippen molar-refractivity contribution in [2.75, 3.05) is 12.9 Å². The number of para-hydroxylation sites is 2. The van der Waals surface area contributed by atoms with Crippen molar-refractivity contribution in [2.24, 2.45) is 0 Å². The first-order valence-corrected chi connectivity index (χ1v) is 7.53. The molecule has 6 nitrogen and oxygen atoms in total. The largest absolute Gasteiger partial charge is 0.475 e. The van der Waals surface area contributed by atoms with Crippen LogP contribution in [0.1, 0.15) is 0 Å². The van der Waals surface area contributed by atoms with E-state index in [0.717, 1.165) is 4.90 Å². The number of benzene rings is 2. The Morgan fingerprint density at radius 1 is 1.18 bits per heavy atom. The standard InChI is InChI=1S/C15H13NO5S/c1-22-12-8-6-11(7-9-12)21-15(17)10-20-14-5-3-2-4-13(14)16(18)19/h2-9H,10H2,1H3. The molecule has 0 spiro atoms. The van der Waals surface area contributed by atoms with Gasteiger partial charge in [-0.05, 0) is 36.6 Å². The summed E-state index contributed by atoms with van der Waals surface area (Å²) in [6.07, 6.45) is 1.95. The Bertz CT molecular complexity index is 672. The number of ether oxygens (including phenoxy) is 2. The molecule has 22 heavy (non-hydrogen) atoms. The maximum absolute atomic E-state index is 11.7. The van der Waals surface area contributed by atoms with E-state index < -0.39 is 17.5 Å². The van der Waals surface area contributed by atoms with Crippen molar-refractivity contribution in [3.63, 3.8) is 0 Å². The Balaban J connectivity index is 1.94. The number of nitro groups is 1. The van der Waals surface area contributed by atoms with Crippen molar-refractivity contribution in [1.29, 1.82) is 0 Å². The maximum Gasteiger partial charge on any atom is 0.349 e. The highest BCUT2D eigenvalue weighted by Crippen LogP contribution is 2.25. The first-order chi connectivity index (χ1) is 10.6. The lowest BCUT2D eigenvalue weighted by Gasteiger charge is -2.07. The molecule has 2 rings (SSSR count). The highest BCUT2D eigenvalue weighted by molar-refractivity contribution is 7.98. The van der Waals surface area contributed by atoms with Gasteiger partial charge in [0.25, 0.3) is 0 Å². The maximum atomic E-state index is 11.7. The summed E-state index contributed by atoms with van der Waals surface area (Å²) in [6.45, 7) is -0.408. The average Bonchev–Trinajstić information content (AvgIpc) is 2.54. The summed E-state index contributed by atoms with van der Waals surface area (Å²) in [4.78, 5) is 23.0. The number of esters is 1. The van der Waals surface area contributed by atoms with Gasteiger partial charge in [-0.25, -0.2) is 4.79 Å². The van der Waals surface area contributed by atoms with Crippen molar-refractivity contribution in [3.8, 4) is 11.5 Å². The minimum atomic E-state index is -0.630. The number of carbonyl (C=O) groups excluding carboxylic acids is 1. The molecule has 0 atom stereocenters. The van der Waals surface area contributed by atoms with Gasteiger partial charge in [0, 0.05) is 11.0 Å². The van der Waals surface area contributed by atoms with Gasteiger partial charge < -0.3 is 9.47 Å². The van der Waals surface area contributed by atoms with Crippen molar-refractivity contribution >= 4 is 23.4 Å². The third-order valence-electron chi connectivity index (χ3n) is 2.70. The van der Waals surface area contributed by atoms with Crippen LogP contribution in [0.4, 0.5) is 5.69 Å². The van der Waals surface area contributed by atoms with Crippen LogP contribution in [-0.4, -0.2) is 23.8 Å². The molecule has 2 aromatic rings. The van der Waals surface area contributed by atoms with E-state index in [-0.39, 0.29) is 11.4 Å². The highest BCUT2D eigenvalue weighted by Gasteiger charge is 2.15. The van der Waals surface area contributed by atoms with Gasteiger partial charge in [0.2, 0.25) is 0 Å². The van der Waals surface area contributed by atoms with E-state index in [4.69, 9.17) is 9.47 Å². The zero-order valence-corrected chi connectivity index (χ0v) is 12.5. The normalized spacial score (nSPS) is 10.0. The second-order valence-electron chi connectivity index (χ2n) is 4.16. The molecule has 0 aliphatic heterocycles. The van der Waals surface area contributed by atoms with Crippen LogP contribution in [0, 0.1) is 10.1 Å². The van der Waals surface area contributed by atoms with Gasteiger partial charge in [0.15, 0.2) is 12.4 Å². The zero-order valence-electron chi connectivity index (χ0n) is 11.7. The number of rotatable bonds is 6. The lowest BCUT2D eigenvalue weighted by molar-refractivity contribution is -0.385. The van der Waals surface area contributed by atoms with Crippen LogP contribution in [0.5, 0.6) is 11.5 Å². The summed E-state index contributed by atoms with van der Waals surface area (Å²) < 4.78 is 10.2. The number of hydrogen-bond donors (Lipinski definition) is 0. The fourth-order valence-corrected chi connectivity index (χ4v) is 2.08. The van der Waals surface area contributed by atoms with Gasteiger partial charge in [-0.3, -0.25) is 10.1 Å². The Kier molecular flexibility index (Phi) is 5.37. The molecule has 2 aromatic carbocycles. The molecular weight excluding hydrogens is 306 g/mol. The molecule has 0 heterocycles. The van der Waals surface area contributed by atoms with Crippen molar-refractivity contribution < 1.29 is 19.2 Å². The molecule has 114 valence electrons. The molecule has 0 amide bonds. The van der Waals surface area contributed by atoms with E-state index in [1.165, 1.54) is 18.2 Å². The molecule has 0 aliphatic carbocycles. The van der Waals surface area contributed by atoms with E-state index in [1.807, 2.05) is 18.4 Å². The van der Waals surface area contributed by atoms with Crippen LogP contribution in [0.2, 0.25) is 0 Å². The molecule has 0 unspecified atom stereocenters. The second kappa shape index (κ2) is 7.46. The summed E-state index contributed by atoms with van der Waals surface area (Å²) in [5.41, 5.74) is -0.195. The SMILES string of the molecule is CSc1ccc(OC(=O)COc2ccccc2[N+](=O)[O-])cc1. The molecule has 0 radical (unpaired) electrons.